The number of hydrogen-bond acceptors (Lipinski definition) is 7. The van der Waals surface area contributed by atoms with Gasteiger partial charge in [-0.25, -0.2) is 0 Å². The van der Waals surface area contributed by atoms with Gasteiger partial charge in [0.2, 0.25) is 5.89 Å². The van der Waals surface area contributed by atoms with Crippen LogP contribution in [0.25, 0.3) is 0 Å². The molecule has 0 spiro atoms. The molecule has 0 saturated carbocycles. The van der Waals surface area contributed by atoms with Crippen LogP contribution in [0.15, 0.2) is 33.9 Å². The number of benzene rings is 1. The molecule has 0 aliphatic rings. The Morgan fingerprint density at radius 1 is 1.23 bits per heavy atom. The molecule has 2 aromatic heterocycles. The lowest BCUT2D eigenvalue weighted by molar-refractivity contribution is 0.290. The Morgan fingerprint density at radius 3 is 2.69 bits per heavy atom. The molecule has 0 amide bonds. The van der Waals surface area contributed by atoms with E-state index in [4.69, 9.17) is 20.9 Å². The molecule has 3 aromatic rings. The first-order valence-corrected chi connectivity index (χ1v) is 9.47. The normalized spacial score (nSPS) is 12.5. The first-order valence-electron chi connectivity index (χ1n) is 8.21. The monoisotopic (exact) mass is 393 g/mol. The summed E-state index contributed by atoms with van der Waals surface area (Å²) in [5, 5.41) is 13.7. The summed E-state index contributed by atoms with van der Waals surface area (Å²) >= 11 is 7.61. The van der Waals surface area contributed by atoms with Gasteiger partial charge in [0.1, 0.15) is 12.4 Å². The van der Waals surface area contributed by atoms with Crippen molar-refractivity contribution < 1.29 is 9.26 Å². The van der Waals surface area contributed by atoms with Gasteiger partial charge in [-0.2, -0.15) is 4.98 Å². The maximum Gasteiger partial charge on any atom is 0.239 e. The Labute approximate surface area is 161 Å². The van der Waals surface area contributed by atoms with Crippen molar-refractivity contribution in [3.05, 3.63) is 46.8 Å². The van der Waals surface area contributed by atoms with Crippen LogP contribution >= 0.6 is 23.4 Å². The molecule has 0 N–H and O–H groups in total. The highest BCUT2D eigenvalue weighted by Gasteiger charge is 2.20. The van der Waals surface area contributed by atoms with Crippen LogP contribution in [-0.4, -0.2) is 24.9 Å². The van der Waals surface area contributed by atoms with E-state index in [1.54, 1.807) is 6.07 Å². The number of halogens is 1. The van der Waals surface area contributed by atoms with Gasteiger partial charge in [-0.3, -0.25) is 0 Å². The maximum absolute atomic E-state index is 6.10. The summed E-state index contributed by atoms with van der Waals surface area (Å²) in [5.41, 5.74) is 0. The molecule has 0 aliphatic heterocycles. The number of nitrogens with zero attached hydrogens (tertiary/aromatic N) is 5. The summed E-state index contributed by atoms with van der Waals surface area (Å²) in [5.74, 6) is 2.84. The fraction of sp³-hybridized carbons (Fsp3) is 0.412. The van der Waals surface area contributed by atoms with Crippen LogP contribution < -0.4 is 4.74 Å². The minimum atomic E-state index is -0.0322. The Kier molecular flexibility index (Phi) is 5.83. The SMILES string of the molecule is CC(C)c1noc(C(C)Sc2nnc(COc3ccccc3Cl)n2C)n1. The van der Waals surface area contributed by atoms with Crippen LogP contribution in [0, 0.1) is 0 Å². The van der Waals surface area contributed by atoms with Gasteiger partial charge in [0, 0.05) is 13.0 Å². The third-order valence-corrected chi connectivity index (χ3v) is 5.16. The second-order valence-corrected chi connectivity index (χ2v) is 7.80. The van der Waals surface area contributed by atoms with Gasteiger partial charge in [0.15, 0.2) is 16.8 Å². The van der Waals surface area contributed by atoms with E-state index in [1.165, 1.54) is 11.8 Å². The smallest absolute Gasteiger partial charge is 0.239 e. The van der Waals surface area contributed by atoms with Crippen molar-refractivity contribution in [3.8, 4) is 5.75 Å². The molecule has 0 radical (unpaired) electrons. The zero-order valence-electron chi connectivity index (χ0n) is 15.0. The number of aromatic nitrogens is 5. The third kappa shape index (κ3) is 4.19. The molecule has 138 valence electrons. The number of hydrogen-bond donors (Lipinski definition) is 0. The molecule has 3 rings (SSSR count). The molecule has 1 atom stereocenters. The Bertz CT molecular complexity index is 880. The van der Waals surface area contributed by atoms with Crippen LogP contribution in [0.2, 0.25) is 5.02 Å². The lowest BCUT2D eigenvalue weighted by atomic mass is 10.2. The van der Waals surface area contributed by atoms with E-state index in [1.807, 2.05) is 50.6 Å². The van der Waals surface area contributed by atoms with Gasteiger partial charge in [0.25, 0.3) is 0 Å². The van der Waals surface area contributed by atoms with E-state index in [0.29, 0.717) is 28.3 Å². The van der Waals surface area contributed by atoms with Gasteiger partial charge in [-0.05, 0) is 19.1 Å². The molecule has 0 aliphatic carbocycles. The van der Waals surface area contributed by atoms with Crippen molar-refractivity contribution >= 4 is 23.4 Å². The number of rotatable bonds is 7. The van der Waals surface area contributed by atoms with Crippen molar-refractivity contribution in [2.45, 2.75) is 43.7 Å². The summed E-state index contributed by atoms with van der Waals surface area (Å²) in [7, 11) is 1.90. The summed E-state index contributed by atoms with van der Waals surface area (Å²) < 4.78 is 13.0. The van der Waals surface area contributed by atoms with E-state index in [2.05, 4.69) is 20.3 Å². The van der Waals surface area contributed by atoms with Crippen LogP contribution in [0.5, 0.6) is 5.75 Å². The van der Waals surface area contributed by atoms with Crippen LogP contribution in [-0.2, 0) is 13.7 Å². The van der Waals surface area contributed by atoms with E-state index in [0.717, 1.165) is 5.16 Å². The first kappa shape index (κ1) is 18.7. The predicted molar refractivity (Wildman–Crippen MR) is 99.4 cm³/mol. The molecule has 2 heterocycles. The largest absolute Gasteiger partial charge is 0.484 e. The van der Waals surface area contributed by atoms with Crippen molar-refractivity contribution in [2.75, 3.05) is 0 Å². The second-order valence-electron chi connectivity index (χ2n) is 6.08. The first-order chi connectivity index (χ1) is 12.5. The zero-order valence-corrected chi connectivity index (χ0v) is 16.6. The number of para-hydroxylation sites is 1. The molecule has 1 unspecified atom stereocenters. The second kappa shape index (κ2) is 8.09. The molecule has 26 heavy (non-hydrogen) atoms. The fourth-order valence-corrected chi connectivity index (χ4v) is 3.19. The molecule has 0 fully saturated rings. The molecule has 0 saturated heterocycles. The zero-order chi connectivity index (χ0) is 18.7. The van der Waals surface area contributed by atoms with Gasteiger partial charge >= 0.3 is 0 Å². The van der Waals surface area contributed by atoms with Crippen molar-refractivity contribution in [3.63, 3.8) is 0 Å². The summed E-state index contributed by atoms with van der Waals surface area (Å²) in [6.45, 7) is 6.33. The van der Waals surface area contributed by atoms with Crippen LogP contribution in [0.3, 0.4) is 0 Å². The number of ether oxygens (including phenoxy) is 1. The fourth-order valence-electron chi connectivity index (χ4n) is 2.13. The van der Waals surface area contributed by atoms with Gasteiger partial charge in [-0.1, -0.05) is 54.5 Å². The molecular weight excluding hydrogens is 374 g/mol. The lowest BCUT2D eigenvalue weighted by Crippen LogP contribution is -2.05. The van der Waals surface area contributed by atoms with Crippen LogP contribution in [0.4, 0.5) is 0 Å². The average molecular weight is 394 g/mol. The van der Waals surface area contributed by atoms with Gasteiger partial charge in [-0.15, -0.1) is 10.2 Å². The Hall–Kier alpha value is -2.06. The van der Waals surface area contributed by atoms with E-state index in [9.17, 15) is 0 Å². The Balaban J connectivity index is 1.65. The highest BCUT2D eigenvalue weighted by molar-refractivity contribution is 7.99. The maximum atomic E-state index is 6.10. The number of thioether (sulfide) groups is 1. The van der Waals surface area contributed by atoms with E-state index >= 15 is 0 Å². The minimum Gasteiger partial charge on any atom is -0.484 e. The molecule has 9 heteroatoms. The van der Waals surface area contributed by atoms with Crippen molar-refractivity contribution in [1.82, 2.24) is 24.9 Å². The van der Waals surface area contributed by atoms with Crippen molar-refractivity contribution in [1.29, 1.82) is 0 Å². The van der Waals surface area contributed by atoms with E-state index in [-0.39, 0.29) is 17.8 Å². The van der Waals surface area contributed by atoms with Crippen molar-refractivity contribution in [2.24, 2.45) is 7.05 Å². The Morgan fingerprint density at radius 2 is 2.00 bits per heavy atom. The topological polar surface area (TPSA) is 78.9 Å². The van der Waals surface area contributed by atoms with Crippen LogP contribution in [0.1, 0.15) is 49.5 Å². The third-order valence-electron chi connectivity index (χ3n) is 3.72. The minimum absolute atomic E-state index is 0.0322. The molecule has 7 nitrogen and oxygen atoms in total. The predicted octanol–water partition coefficient (Wildman–Crippen LogP) is 4.41. The van der Waals surface area contributed by atoms with Gasteiger partial charge in [0.05, 0.1) is 10.3 Å². The summed E-state index contributed by atoms with van der Waals surface area (Å²) in [4.78, 5) is 4.43. The average Bonchev–Trinajstić information content (AvgIpc) is 3.23. The van der Waals surface area contributed by atoms with Gasteiger partial charge < -0.3 is 13.8 Å². The quantitative estimate of drug-likeness (QED) is 0.550. The van der Waals surface area contributed by atoms with E-state index < -0.39 is 0 Å². The summed E-state index contributed by atoms with van der Waals surface area (Å²) in [6.07, 6.45) is 0. The molecule has 1 aromatic carbocycles. The standard InChI is InChI=1S/C17H20ClN5O2S/c1-10(2)15-19-16(25-22-15)11(3)26-17-21-20-14(23(17)4)9-24-13-8-6-5-7-12(13)18/h5-8,10-11H,9H2,1-4H3. The molecular formula is C17H20ClN5O2S. The molecule has 0 bridgehead atoms. The highest BCUT2D eigenvalue weighted by Crippen LogP contribution is 2.33. The lowest BCUT2D eigenvalue weighted by Gasteiger charge is -2.08. The summed E-state index contributed by atoms with van der Waals surface area (Å²) in [6, 6.07) is 7.33. The highest BCUT2D eigenvalue weighted by atomic mass is 35.5.